The highest BCUT2D eigenvalue weighted by molar-refractivity contribution is 5.86. The van der Waals surface area contributed by atoms with E-state index in [0.717, 1.165) is 49.7 Å². The van der Waals surface area contributed by atoms with E-state index in [9.17, 15) is 4.79 Å². The van der Waals surface area contributed by atoms with Gasteiger partial charge >= 0.3 is 0 Å². The molecule has 1 fully saturated rings. The second-order valence-corrected chi connectivity index (χ2v) is 13.0. The molecule has 6 N–H and O–H groups in total. The standard InChI is InChI=1S/C40H46N6O/c41-36(23-30-16-18-32-11-4-6-13-34(32)21-30)26-45-27-38(24-29-9-2-1-3-10-29)46(28-37(45)15-8-20-44-40(42)43)39(47)25-31-17-19-33-12-5-7-14-35(33)22-31/h1-7,9-14,16-19,21-22,36-38H,8,15,20,23-28,41H2,(H4,42,43,44)/t36-,37-,38+/m0/s1. The molecule has 5 aromatic carbocycles. The van der Waals surface area contributed by atoms with Crippen LogP contribution in [0.25, 0.3) is 21.5 Å². The highest BCUT2D eigenvalue weighted by atomic mass is 16.2. The van der Waals surface area contributed by atoms with Crippen molar-refractivity contribution >= 4 is 33.4 Å². The van der Waals surface area contributed by atoms with Crippen molar-refractivity contribution in [2.45, 2.75) is 50.2 Å². The molecule has 1 saturated heterocycles. The van der Waals surface area contributed by atoms with E-state index >= 15 is 0 Å². The fourth-order valence-electron chi connectivity index (χ4n) is 7.07. The van der Waals surface area contributed by atoms with E-state index in [2.05, 4.69) is 112 Å². The molecule has 1 aliphatic heterocycles. The Kier molecular flexibility index (Phi) is 10.5. The average Bonchev–Trinajstić information content (AvgIpc) is 3.07. The second kappa shape index (κ2) is 15.2. The Morgan fingerprint density at radius 2 is 1.34 bits per heavy atom. The molecule has 3 atom stereocenters. The zero-order valence-electron chi connectivity index (χ0n) is 27.0. The van der Waals surface area contributed by atoms with Gasteiger partial charge in [-0.15, -0.1) is 0 Å². The Bertz CT molecular complexity index is 1820. The minimum absolute atomic E-state index is 0.0344. The van der Waals surface area contributed by atoms with Crippen LogP contribution >= 0.6 is 0 Å². The zero-order chi connectivity index (χ0) is 32.6. The Labute approximate surface area is 278 Å². The number of nitrogens with two attached hydrogens (primary N) is 3. The van der Waals surface area contributed by atoms with Gasteiger partial charge in [0.15, 0.2) is 5.96 Å². The van der Waals surface area contributed by atoms with Crippen LogP contribution in [0.3, 0.4) is 0 Å². The van der Waals surface area contributed by atoms with Crippen LogP contribution in [0.1, 0.15) is 29.5 Å². The molecule has 0 radical (unpaired) electrons. The zero-order valence-corrected chi connectivity index (χ0v) is 27.0. The second-order valence-electron chi connectivity index (χ2n) is 13.0. The highest BCUT2D eigenvalue weighted by Gasteiger charge is 2.36. The molecule has 5 aromatic rings. The summed E-state index contributed by atoms with van der Waals surface area (Å²) in [6.07, 6.45) is 3.65. The number of nitrogens with zero attached hydrogens (tertiary/aromatic N) is 3. The lowest BCUT2D eigenvalue weighted by Crippen LogP contribution is -2.62. The van der Waals surface area contributed by atoms with Crippen LogP contribution in [0.2, 0.25) is 0 Å². The van der Waals surface area contributed by atoms with Crippen molar-refractivity contribution in [1.29, 1.82) is 0 Å². The molecule has 47 heavy (non-hydrogen) atoms. The summed E-state index contributed by atoms with van der Waals surface area (Å²) in [6.45, 7) is 2.72. The van der Waals surface area contributed by atoms with Crippen molar-refractivity contribution in [3.8, 4) is 0 Å². The third kappa shape index (κ3) is 8.56. The van der Waals surface area contributed by atoms with E-state index < -0.39 is 0 Å². The molecule has 7 nitrogen and oxygen atoms in total. The normalized spacial score (nSPS) is 17.5. The van der Waals surface area contributed by atoms with Crippen LogP contribution in [0.5, 0.6) is 0 Å². The number of hydrogen-bond donors (Lipinski definition) is 3. The van der Waals surface area contributed by atoms with Crippen LogP contribution in [0.15, 0.2) is 120 Å². The molecule has 1 amide bonds. The van der Waals surface area contributed by atoms with E-state index in [1.807, 2.05) is 18.2 Å². The maximum Gasteiger partial charge on any atom is 0.227 e. The number of carbonyl (C=O) groups excluding carboxylic acids is 1. The summed E-state index contributed by atoms with van der Waals surface area (Å²) in [5.41, 5.74) is 21.7. The summed E-state index contributed by atoms with van der Waals surface area (Å²) in [5, 5.41) is 4.80. The van der Waals surface area contributed by atoms with Gasteiger partial charge in [-0.1, -0.05) is 115 Å². The monoisotopic (exact) mass is 626 g/mol. The van der Waals surface area contributed by atoms with E-state index in [1.165, 1.54) is 27.3 Å². The van der Waals surface area contributed by atoms with Gasteiger partial charge in [-0.2, -0.15) is 0 Å². The number of carbonyl (C=O) groups is 1. The summed E-state index contributed by atoms with van der Waals surface area (Å²) in [6, 6.07) is 40.3. The molecule has 6 rings (SSSR count). The molecule has 0 unspecified atom stereocenters. The first-order valence-electron chi connectivity index (χ1n) is 16.7. The summed E-state index contributed by atoms with van der Waals surface area (Å²) in [7, 11) is 0. The predicted octanol–water partition coefficient (Wildman–Crippen LogP) is 5.28. The van der Waals surface area contributed by atoms with Crippen LogP contribution in [-0.2, 0) is 24.1 Å². The minimum Gasteiger partial charge on any atom is -0.370 e. The number of piperazine rings is 1. The van der Waals surface area contributed by atoms with Crippen LogP contribution in [0, 0.1) is 0 Å². The lowest BCUT2D eigenvalue weighted by molar-refractivity contribution is -0.137. The Morgan fingerprint density at radius 3 is 2.02 bits per heavy atom. The maximum atomic E-state index is 14.2. The summed E-state index contributed by atoms with van der Waals surface area (Å²) < 4.78 is 0. The smallest absolute Gasteiger partial charge is 0.227 e. The quantitative estimate of drug-likeness (QED) is 0.0991. The third-order valence-corrected chi connectivity index (χ3v) is 9.38. The summed E-state index contributed by atoms with van der Waals surface area (Å²) >= 11 is 0. The number of aliphatic imine (C=N–C) groups is 1. The first-order chi connectivity index (χ1) is 22.9. The third-order valence-electron chi connectivity index (χ3n) is 9.38. The van der Waals surface area contributed by atoms with Crippen molar-refractivity contribution in [2.75, 3.05) is 26.2 Å². The molecule has 0 saturated carbocycles. The SMILES string of the molecule is NC(N)=NCCC[C@H]1CN(C(=O)Cc2ccc3ccccc3c2)[C@H](Cc2ccccc2)CN1C[C@@H](N)Cc1ccc2ccccc2c1. The first-order valence-corrected chi connectivity index (χ1v) is 16.7. The molecule has 7 heteroatoms. The molecule has 0 aliphatic carbocycles. The van der Waals surface area contributed by atoms with Gasteiger partial charge in [0.05, 0.1) is 6.42 Å². The van der Waals surface area contributed by atoms with Gasteiger partial charge < -0.3 is 22.1 Å². The lowest BCUT2D eigenvalue weighted by atomic mass is 9.94. The van der Waals surface area contributed by atoms with E-state index in [4.69, 9.17) is 17.2 Å². The van der Waals surface area contributed by atoms with Crippen molar-refractivity contribution in [3.63, 3.8) is 0 Å². The topological polar surface area (TPSA) is 114 Å². The van der Waals surface area contributed by atoms with Gasteiger partial charge in [-0.25, -0.2) is 0 Å². The predicted molar refractivity (Wildman–Crippen MR) is 194 cm³/mol. The number of hydrogen-bond acceptors (Lipinski definition) is 4. The molecule has 1 heterocycles. The van der Waals surface area contributed by atoms with E-state index in [1.54, 1.807) is 0 Å². The molecule has 1 aliphatic rings. The summed E-state index contributed by atoms with van der Waals surface area (Å²) in [4.78, 5) is 23.1. The Hall–Kier alpha value is -4.72. The first kappa shape index (κ1) is 32.2. The van der Waals surface area contributed by atoms with Gasteiger partial charge in [-0.3, -0.25) is 14.7 Å². The fourth-order valence-corrected chi connectivity index (χ4v) is 7.07. The largest absolute Gasteiger partial charge is 0.370 e. The molecule has 0 spiro atoms. The maximum absolute atomic E-state index is 14.2. The van der Waals surface area contributed by atoms with Gasteiger partial charge in [0.2, 0.25) is 5.91 Å². The van der Waals surface area contributed by atoms with Crippen LogP contribution in [-0.4, -0.2) is 66.0 Å². The fraction of sp³-hybridized carbons (Fsp3) is 0.300. The number of rotatable bonds is 12. The number of guanidine groups is 1. The molecular weight excluding hydrogens is 580 g/mol. The van der Waals surface area contributed by atoms with E-state index in [-0.39, 0.29) is 30.0 Å². The molecule has 0 aromatic heterocycles. The summed E-state index contributed by atoms with van der Waals surface area (Å²) in [5.74, 6) is 0.272. The van der Waals surface area contributed by atoms with E-state index in [0.29, 0.717) is 19.5 Å². The van der Waals surface area contributed by atoms with Crippen molar-refractivity contribution in [2.24, 2.45) is 22.2 Å². The number of fused-ring (bicyclic) bond motifs is 2. The minimum atomic E-state index is -0.0476. The van der Waals surface area contributed by atoms with Gasteiger partial charge in [0.25, 0.3) is 0 Å². The van der Waals surface area contributed by atoms with Gasteiger partial charge in [0.1, 0.15) is 0 Å². The van der Waals surface area contributed by atoms with Crippen molar-refractivity contribution in [3.05, 3.63) is 132 Å². The number of benzene rings is 5. The van der Waals surface area contributed by atoms with Gasteiger partial charge in [0, 0.05) is 44.3 Å². The average molecular weight is 627 g/mol. The molecule has 0 bridgehead atoms. The lowest BCUT2D eigenvalue weighted by Gasteiger charge is -2.47. The van der Waals surface area contributed by atoms with Crippen molar-refractivity contribution < 1.29 is 4.79 Å². The van der Waals surface area contributed by atoms with Crippen LogP contribution < -0.4 is 17.2 Å². The highest BCUT2D eigenvalue weighted by Crippen LogP contribution is 2.25. The Balaban J connectivity index is 1.22. The Morgan fingerprint density at radius 1 is 0.723 bits per heavy atom. The molecule has 242 valence electrons. The van der Waals surface area contributed by atoms with Crippen LogP contribution in [0.4, 0.5) is 0 Å². The molecular formula is C40H46N6O. The van der Waals surface area contributed by atoms with Crippen molar-refractivity contribution in [1.82, 2.24) is 9.80 Å². The van der Waals surface area contributed by atoms with Gasteiger partial charge in [-0.05, 0) is 63.9 Å². The number of amides is 1.